The van der Waals surface area contributed by atoms with Crippen LogP contribution in [0, 0.1) is 11.3 Å². The predicted molar refractivity (Wildman–Crippen MR) is 69.8 cm³/mol. The van der Waals surface area contributed by atoms with E-state index in [1.807, 2.05) is 0 Å². The molecule has 98 valence electrons. The van der Waals surface area contributed by atoms with E-state index in [1.165, 1.54) is 19.3 Å². The maximum atomic E-state index is 5.47. The second-order valence-electron chi connectivity index (χ2n) is 6.41. The lowest BCUT2D eigenvalue weighted by molar-refractivity contribution is -0.0463. The Balaban J connectivity index is 1.74. The largest absolute Gasteiger partial charge is 0.350 e. The summed E-state index contributed by atoms with van der Waals surface area (Å²) in [6, 6.07) is 0. The van der Waals surface area contributed by atoms with Crippen molar-refractivity contribution in [3.8, 4) is 0 Å². The fourth-order valence-corrected chi connectivity index (χ4v) is 2.78. The van der Waals surface area contributed by atoms with Gasteiger partial charge in [-0.25, -0.2) is 0 Å². The van der Waals surface area contributed by atoms with Crippen LogP contribution in [0.2, 0.25) is 0 Å². The first kappa shape index (κ1) is 13.1. The maximum absolute atomic E-state index is 5.47. The third-order valence-corrected chi connectivity index (χ3v) is 4.12. The molecule has 1 heterocycles. The van der Waals surface area contributed by atoms with E-state index in [-0.39, 0.29) is 6.29 Å². The number of hydrogen-bond acceptors (Lipinski definition) is 2. The van der Waals surface area contributed by atoms with Gasteiger partial charge in [0.05, 0.1) is 13.2 Å². The molecule has 1 atom stereocenters. The van der Waals surface area contributed by atoms with E-state index in [0.29, 0.717) is 5.41 Å². The Morgan fingerprint density at radius 1 is 1.24 bits per heavy atom. The maximum Gasteiger partial charge on any atom is 0.158 e. The molecule has 0 bridgehead atoms. The zero-order chi connectivity index (χ0) is 12.3. The van der Waals surface area contributed by atoms with Gasteiger partial charge >= 0.3 is 0 Å². The smallest absolute Gasteiger partial charge is 0.158 e. The fourth-order valence-electron chi connectivity index (χ4n) is 2.78. The Hall–Kier alpha value is -0.340. The van der Waals surface area contributed by atoms with Crippen LogP contribution in [0.4, 0.5) is 0 Å². The van der Waals surface area contributed by atoms with Crippen LogP contribution in [0.3, 0.4) is 0 Å². The van der Waals surface area contributed by atoms with Gasteiger partial charge in [-0.2, -0.15) is 0 Å². The highest BCUT2D eigenvalue weighted by Gasteiger charge is 2.26. The molecule has 1 aliphatic carbocycles. The minimum Gasteiger partial charge on any atom is -0.350 e. The van der Waals surface area contributed by atoms with E-state index >= 15 is 0 Å². The van der Waals surface area contributed by atoms with Crippen LogP contribution in [0.25, 0.3) is 0 Å². The second-order valence-corrected chi connectivity index (χ2v) is 6.41. The van der Waals surface area contributed by atoms with Gasteiger partial charge in [0, 0.05) is 6.42 Å². The lowest BCUT2D eigenvalue weighted by Crippen LogP contribution is -2.22. The number of rotatable bonds is 3. The third kappa shape index (κ3) is 3.82. The van der Waals surface area contributed by atoms with Crippen molar-refractivity contribution >= 4 is 0 Å². The minimum absolute atomic E-state index is 0.0660. The summed E-state index contributed by atoms with van der Waals surface area (Å²) in [4.78, 5) is 0. The molecule has 0 aromatic carbocycles. The molecule has 2 nitrogen and oxygen atoms in total. The van der Waals surface area contributed by atoms with E-state index in [9.17, 15) is 0 Å². The first-order valence-corrected chi connectivity index (χ1v) is 6.97. The Kier molecular flexibility index (Phi) is 4.26. The molecule has 17 heavy (non-hydrogen) atoms. The van der Waals surface area contributed by atoms with Crippen molar-refractivity contribution in [2.75, 3.05) is 13.2 Å². The van der Waals surface area contributed by atoms with Gasteiger partial charge in [0.2, 0.25) is 0 Å². The van der Waals surface area contributed by atoms with E-state index in [1.54, 1.807) is 5.57 Å². The van der Waals surface area contributed by atoms with Crippen LogP contribution in [0.1, 0.15) is 52.9 Å². The van der Waals surface area contributed by atoms with Gasteiger partial charge in [-0.1, -0.05) is 32.4 Å². The normalized spacial score (nSPS) is 27.2. The first-order valence-electron chi connectivity index (χ1n) is 6.97. The Morgan fingerprint density at radius 2 is 1.94 bits per heavy atom. The molecule has 2 heteroatoms. The average molecular weight is 238 g/mol. The molecule has 1 saturated heterocycles. The van der Waals surface area contributed by atoms with Crippen LogP contribution in [0.5, 0.6) is 0 Å². The first-order chi connectivity index (χ1) is 8.05. The molecule has 2 rings (SSSR count). The summed E-state index contributed by atoms with van der Waals surface area (Å²) in [6.45, 7) is 8.62. The molecule has 0 radical (unpaired) electrons. The standard InChI is InChI=1S/C15H26O2/c1-15(2,3)13-7-4-12(5-8-13)6-9-14-16-10-11-17-14/h4,13-14H,5-11H2,1-3H3. The van der Waals surface area contributed by atoms with Gasteiger partial charge in [-0.15, -0.1) is 0 Å². The summed E-state index contributed by atoms with van der Waals surface area (Å²) in [5, 5.41) is 0. The van der Waals surface area contributed by atoms with Gasteiger partial charge < -0.3 is 9.47 Å². The SMILES string of the molecule is CC(C)(C)C1CC=C(CCC2OCCO2)CC1. The van der Waals surface area contributed by atoms with Gasteiger partial charge in [0.1, 0.15) is 0 Å². The van der Waals surface area contributed by atoms with Crippen molar-refractivity contribution in [3.05, 3.63) is 11.6 Å². The van der Waals surface area contributed by atoms with Crippen LogP contribution >= 0.6 is 0 Å². The summed E-state index contributed by atoms with van der Waals surface area (Å²) in [6.07, 6.45) is 8.60. The number of allylic oxidation sites excluding steroid dienone is 2. The lowest BCUT2D eigenvalue weighted by atomic mass is 9.73. The number of ether oxygens (including phenoxy) is 2. The highest BCUT2D eigenvalue weighted by atomic mass is 16.7. The molecular weight excluding hydrogens is 212 g/mol. The highest BCUT2D eigenvalue weighted by Crippen LogP contribution is 2.38. The van der Waals surface area contributed by atoms with Gasteiger partial charge in [-0.3, -0.25) is 0 Å². The summed E-state index contributed by atoms with van der Waals surface area (Å²) >= 11 is 0. The molecular formula is C15H26O2. The molecule has 0 amide bonds. The monoisotopic (exact) mass is 238 g/mol. The van der Waals surface area contributed by atoms with Gasteiger partial charge in [-0.05, 0) is 37.0 Å². The lowest BCUT2D eigenvalue weighted by Gasteiger charge is -2.33. The Bertz CT molecular complexity index is 269. The fraction of sp³-hybridized carbons (Fsp3) is 0.867. The molecule has 1 fully saturated rings. The molecule has 1 aliphatic heterocycles. The van der Waals surface area contributed by atoms with Crippen molar-refractivity contribution < 1.29 is 9.47 Å². The average Bonchev–Trinajstić information content (AvgIpc) is 2.78. The topological polar surface area (TPSA) is 18.5 Å². The quantitative estimate of drug-likeness (QED) is 0.694. The zero-order valence-corrected chi connectivity index (χ0v) is 11.5. The summed E-state index contributed by atoms with van der Waals surface area (Å²) in [5.41, 5.74) is 2.07. The molecule has 0 aromatic rings. The highest BCUT2D eigenvalue weighted by molar-refractivity contribution is 5.07. The molecule has 2 aliphatic rings. The van der Waals surface area contributed by atoms with E-state index in [2.05, 4.69) is 26.8 Å². The summed E-state index contributed by atoms with van der Waals surface area (Å²) < 4.78 is 10.9. The second kappa shape index (κ2) is 5.53. The molecule has 0 N–H and O–H groups in total. The van der Waals surface area contributed by atoms with Crippen LogP contribution in [-0.4, -0.2) is 19.5 Å². The third-order valence-electron chi connectivity index (χ3n) is 4.12. The zero-order valence-electron chi connectivity index (χ0n) is 11.5. The summed E-state index contributed by atoms with van der Waals surface area (Å²) in [7, 11) is 0. The van der Waals surface area contributed by atoms with Crippen molar-refractivity contribution in [2.24, 2.45) is 11.3 Å². The predicted octanol–water partition coefficient (Wildman–Crippen LogP) is 3.91. The van der Waals surface area contributed by atoms with Gasteiger partial charge in [0.15, 0.2) is 6.29 Å². The Labute approximate surface area is 105 Å². The minimum atomic E-state index is 0.0660. The van der Waals surface area contributed by atoms with E-state index in [4.69, 9.17) is 9.47 Å². The Morgan fingerprint density at radius 3 is 2.47 bits per heavy atom. The van der Waals surface area contributed by atoms with E-state index < -0.39 is 0 Å². The summed E-state index contributed by atoms with van der Waals surface area (Å²) in [5.74, 6) is 0.852. The molecule has 0 saturated carbocycles. The van der Waals surface area contributed by atoms with Crippen molar-refractivity contribution in [2.45, 2.75) is 59.2 Å². The van der Waals surface area contributed by atoms with Crippen LogP contribution in [-0.2, 0) is 9.47 Å². The molecule has 1 unspecified atom stereocenters. The van der Waals surface area contributed by atoms with Crippen molar-refractivity contribution in [1.29, 1.82) is 0 Å². The molecule has 0 spiro atoms. The van der Waals surface area contributed by atoms with Crippen LogP contribution in [0.15, 0.2) is 11.6 Å². The van der Waals surface area contributed by atoms with Crippen molar-refractivity contribution in [3.63, 3.8) is 0 Å². The van der Waals surface area contributed by atoms with Crippen molar-refractivity contribution in [1.82, 2.24) is 0 Å². The van der Waals surface area contributed by atoms with Gasteiger partial charge in [0.25, 0.3) is 0 Å². The van der Waals surface area contributed by atoms with E-state index in [0.717, 1.165) is 32.0 Å². The number of hydrogen-bond donors (Lipinski definition) is 0. The molecule has 0 aromatic heterocycles. The van der Waals surface area contributed by atoms with Crippen LogP contribution < -0.4 is 0 Å².